The van der Waals surface area contributed by atoms with Gasteiger partial charge in [0.1, 0.15) is 6.29 Å². The van der Waals surface area contributed by atoms with Crippen molar-refractivity contribution in [1.82, 2.24) is 4.98 Å². The van der Waals surface area contributed by atoms with Gasteiger partial charge < -0.3 is 5.73 Å². The molecular formula is C13H18N2O. The van der Waals surface area contributed by atoms with E-state index >= 15 is 0 Å². The second-order valence-electron chi connectivity index (χ2n) is 5.06. The fourth-order valence-corrected chi connectivity index (χ4v) is 2.34. The number of aldehydes is 1. The second kappa shape index (κ2) is 4.34. The molecule has 3 heteroatoms. The number of hydrogen-bond donors (Lipinski definition) is 1. The van der Waals surface area contributed by atoms with Gasteiger partial charge in [-0.05, 0) is 44.7 Å². The molecule has 1 saturated carbocycles. The van der Waals surface area contributed by atoms with Crippen molar-refractivity contribution in [1.29, 1.82) is 0 Å². The molecule has 1 aliphatic carbocycles. The lowest BCUT2D eigenvalue weighted by Gasteiger charge is -2.33. The van der Waals surface area contributed by atoms with Gasteiger partial charge in [0, 0.05) is 28.9 Å². The molecule has 1 heterocycles. The summed E-state index contributed by atoms with van der Waals surface area (Å²) >= 11 is 0. The molecule has 0 aliphatic heterocycles. The minimum Gasteiger partial charge on any atom is -0.325 e. The van der Waals surface area contributed by atoms with Gasteiger partial charge in [-0.25, -0.2) is 0 Å². The third-order valence-electron chi connectivity index (χ3n) is 3.49. The maximum Gasteiger partial charge on any atom is 0.150 e. The number of nitrogens with two attached hydrogens (primary N) is 1. The van der Waals surface area contributed by atoms with Crippen molar-refractivity contribution < 1.29 is 4.79 Å². The lowest BCUT2D eigenvalue weighted by atomic mass is 9.77. The molecule has 0 bridgehead atoms. The highest BCUT2D eigenvalue weighted by Crippen LogP contribution is 2.35. The Morgan fingerprint density at radius 3 is 2.81 bits per heavy atom. The van der Waals surface area contributed by atoms with Crippen molar-refractivity contribution in [3.63, 3.8) is 0 Å². The van der Waals surface area contributed by atoms with Gasteiger partial charge in [-0.2, -0.15) is 0 Å². The first kappa shape index (κ1) is 11.3. The summed E-state index contributed by atoms with van der Waals surface area (Å²) in [5.41, 5.74) is 7.84. The largest absolute Gasteiger partial charge is 0.325 e. The molecule has 2 rings (SSSR count). The zero-order valence-corrected chi connectivity index (χ0v) is 9.65. The molecule has 0 atom stereocenters. The average molecular weight is 218 g/mol. The number of aromatic nitrogens is 1. The van der Waals surface area contributed by atoms with Crippen LogP contribution in [0.25, 0.3) is 0 Å². The molecule has 2 N–H and O–H groups in total. The van der Waals surface area contributed by atoms with Gasteiger partial charge in [-0.15, -0.1) is 0 Å². The molecule has 0 saturated heterocycles. The van der Waals surface area contributed by atoms with Gasteiger partial charge >= 0.3 is 0 Å². The highest BCUT2D eigenvalue weighted by atomic mass is 16.1. The minimum atomic E-state index is -0.0151. The van der Waals surface area contributed by atoms with Crippen LogP contribution in [0.3, 0.4) is 0 Å². The summed E-state index contributed by atoms with van der Waals surface area (Å²) in [5, 5.41) is 0. The third kappa shape index (κ3) is 2.47. The van der Waals surface area contributed by atoms with Gasteiger partial charge in [-0.1, -0.05) is 0 Å². The predicted molar refractivity (Wildman–Crippen MR) is 63.4 cm³/mol. The fraction of sp³-hybridized carbons (Fsp3) is 0.538. The molecule has 1 aromatic rings. The third-order valence-corrected chi connectivity index (χ3v) is 3.49. The van der Waals surface area contributed by atoms with E-state index in [2.05, 4.69) is 11.9 Å². The van der Waals surface area contributed by atoms with Crippen LogP contribution >= 0.6 is 0 Å². The molecule has 0 radical (unpaired) electrons. The number of carbonyl (C=O) groups excluding carboxylic acids is 1. The minimum absolute atomic E-state index is 0.0151. The molecule has 1 aromatic heterocycles. The van der Waals surface area contributed by atoms with E-state index in [1.54, 1.807) is 12.3 Å². The van der Waals surface area contributed by atoms with Crippen molar-refractivity contribution in [3.05, 3.63) is 29.6 Å². The topological polar surface area (TPSA) is 56.0 Å². The number of hydrogen-bond acceptors (Lipinski definition) is 3. The standard InChI is InChI=1S/C13H18N2O/c1-13(14)5-2-11(3-6-13)12-8-10(9-16)4-7-15-12/h4,7-9,11H,2-3,5-6,14H2,1H3. The van der Waals surface area contributed by atoms with Crippen LogP contribution in [0.4, 0.5) is 0 Å². The van der Waals surface area contributed by atoms with E-state index in [-0.39, 0.29) is 5.54 Å². The SMILES string of the molecule is CC1(N)CCC(c2cc(C=O)ccn2)CC1. The summed E-state index contributed by atoms with van der Waals surface area (Å²) in [6.07, 6.45) is 6.80. The van der Waals surface area contributed by atoms with Crippen LogP contribution in [0.5, 0.6) is 0 Å². The highest BCUT2D eigenvalue weighted by Gasteiger charge is 2.28. The molecule has 3 nitrogen and oxygen atoms in total. The average Bonchev–Trinajstić information content (AvgIpc) is 2.29. The molecule has 0 unspecified atom stereocenters. The Kier molecular flexibility index (Phi) is 3.06. The first-order chi connectivity index (χ1) is 7.61. The Labute approximate surface area is 96.1 Å². The van der Waals surface area contributed by atoms with Crippen molar-refractivity contribution in [2.75, 3.05) is 0 Å². The molecular weight excluding hydrogens is 200 g/mol. The van der Waals surface area contributed by atoms with Crippen molar-refractivity contribution in [3.8, 4) is 0 Å². The molecule has 86 valence electrons. The summed E-state index contributed by atoms with van der Waals surface area (Å²) in [6, 6.07) is 3.64. The Balaban J connectivity index is 2.11. The predicted octanol–water partition coefficient (Wildman–Crippen LogP) is 2.27. The first-order valence-corrected chi connectivity index (χ1v) is 5.81. The number of rotatable bonds is 2. The van der Waals surface area contributed by atoms with Gasteiger partial charge in [0.15, 0.2) is 0 Å². The van der Waals surface area contributed by atoms with E-state index in [4.69, 9.17) is 5.73 Å². The van der Waals surface area contributed by atoms with Gasteiger partial charge in [0.25, 0.3) is 0 Å². The van der Waals surface area contributed by atoms with Crippen LogP contribution in [0.2, 0.25) is 0 Å². The first-order valence-electron chi connectivity index (χ1n) is 5.81. The van der Waals surface area contributed by atoms with Crippen molar-refractivity contribution >= 4 is 6.29 Å². The molecule has 1 aliphatic rings. The van der Waals surface area contributed by atoms with Crippen LogP contribution < -0.4 is 5.73 Å². The van der Waals surface area contributed by atoms with Crippen LogP contribution in [-0.4, -0.2) is 16.8 Å². The number of carbonyl (C=O) groups is 1. The Morgan fingerprint density at radius 2 is 2.19 bits per heavy atom. The maximum atomic E-state index is 10.7. The van der Waals surface area contributed by atoms with Crippen LogP contribution in [0.1, 0.15) is 54.6 Å². The summed E-state index contributed by atoms with van der Waals surface area (Å²) in [4.78, 5) is 15.1. The zero-order valence-electron chi connectivity index (χ0n) is 9.65. The monoisotopic (exact) mass is 218 g/mol. The number of pyridine rings is 1. The maximum absolute atomic E-state index is 10.7. The van der Waals surface area contributed by atoms with Crippen molar-refractivity contribution in [2.45, 2.75) is 44.1 Å². The molecule has 16 heavy (non-hydrogen) atoms. The van der Waals surface area contributed by atoms with E-state index < -0.39 is 0 Å². The highest BCUT2D eigenvalue weighted by molar-refractivity contribution is 5.74. The van der Waals surface area contributed by atoms with E-state index in [0.29, 0.717) is 11.5 Å². The van der Waals surface area contributed by atoms with Crippen molar-refractivity contribution in [2.24, 2.45) is 5.73 Å². The van der Waals surface area contributed by atoms with Crippen LogP contribution in [0, 0.1) is 0 Å². The van der Waals surface area contributed by atoms with E-state index in [0.717, 1.165) is 37.7 Å². The van der Waals surface area contributed by atoms with E-state index in [1.807, 2.05) is 6.07 Å². The summed E-state index contributed by atoms with van der Waals surface area (Å²) in [7, 11) is 0. The lowest BCUT2D eigenvalue weighted by Crippen LogP contribution is -2.39. The van der Waals surface area contributed by atoms with Gasteiger partial charge in [0.2, 0.25) is 0 Å². The lowest BCUT2D eigenvalue weighted by molar-refractivity contribution is 0.112. The quantitative estimate of drug-likeness (QED) is 0.775. The molecule has 1 fully saturated rings. The Bertz CT molecular complexity index is 377. The fourth-order valence-electron chi connectivity index (χ4n) is 2.34. The summed E-state index contributed by atoms with van der Waals surface area (Å²) in [6.45, 7) is 2.11. The second-order valence-corrected chi connectivity index (χ2v) is 5.06. The summed E-state index contributed by atoms with van der Waals surface area (Å²) < 4.78 is 0. The van der Waals surface area contributed by atoms with Crippen LogP contribution in [0.15, 0.2) is 18.3 Å². The van der Waals surface area contributed by atoms with Gasteiger partial charge in [0.05, 0.1) is 0 Å². The van der Waals surface area contributed by atoms with E-state index in [1.165, 1.54) is 0 Å². The Morgan fingerprint density at radius 1 is 1.50 bits per heavy atom. The molecule has 0 amide bonds. The smallest absolute Gasteiger partial charge is 0.150 e. The summed E-state index contributed by atoms with van der Waals surface area (Å²) in [5.74, 6) is 0.469. The Hall–Kier alpha value is -1.22. The molecule has 0 spiro atoms. The molecule has 0 aromatic carbocycles. The number of nitrogens with zero attached hydrogens (tertiary/aromatic N) is 1. The van der Waals surface area contributed by atoms with Gasteiger partial charge in [-0.3, -0.25) is 9.78 Å². The zero-order chi connectivity index (χ0) is 11.6. The van der Waals surface area contributed by atoms with E-state index in [9.17, 15) is 4.79 Å². The van der Waals surface area contributed by atoms with Crippen LogP contribution in [-0.2, 0) is 0 Å². The normalized spacial score (nSPS) is 30.0.